The molecule has 9 heteroatoms. The number of rotatable bonds is 4. The van der Waals surface area contributed by atoms with Gasteiger partial charge in [-0.2, -0.15) is 0 Å². The summed E-state index contributed by atoms with van der Waals surface area (Å²) in [6, 6.07) is 8.87. The highest BCUT2D eigenvalue weighted by Gasteiger charge is 2.60. The van der Waals surface area contributed by atoms with Crippen LogP contribution in [0.15, 0.2) is 43.0 Å². The summed E-state index contributed by atoms with van der Waals surface area (Å²) in [7, 11) is 0. The number of anilines is 1. The molecule has 2 aliphatic heterocycles. The number of hydrogen-bond acceptors (Lipinski definition) is 7. The minimum absolute atomic E-state index is 0.282. The predicted octanol–water partition coefficient (Wildman–Crippen LogP) is 1.52. The van der Waals surface area contributed by atoms with Crippen LogP contribution in [-0.2, 0) is 9.47 Å². The average molecular weight is 381 g/mol. The zero-order chi connectivity index (χ0) is 19.3. The molecule has 0 saturated carbocycles. The van der Waals surface area contributed by atoms with Gasteiger partial charge in [-0.05, 0) is 18.6 Å². The number of amides is 1. The van der Waals surface area contributed by atoms with E-state index in [1.807, 2.05) is 13.0 Å². The first-order valence-corrected chi connectivity index (χ1v) is 9.14. The molecule has 2 saturated heterocycles. The van der Waals surface area contributed by atoms with Gasteiger partial charge in [-0.1, -0.05) is 25.1 Å². The van der Waals surface area contributed by atoms with Crippen molar-refractivity contribution >= 4 is 22.9 Å². The molecule has 5 rings (SSSR count). The lowest BCUT2D eigenvalue weighted by Gasteiger charge is -2.30. The number of carbonyl (C=O) groups is 1. The highest BCUT2D eigenvalue weighted by molar-refractivity contribution is 6.06. The Labute approximate surface area is 160 Å². The fourth-order valence-corrected chi connectivity index (χ4v) is 3.87. The second kappa shape index (κ2) is 6.33. The van der Waals surface area contributed by atoms with Gasteiger partial charge in [0.1, 0.15) is 24.1 Å². The van der Waals surface area contributed by atoms with E-state index in [2.05, 4.69) is 20.3 Å². The van der Waals surface area contributed by atoms with Gasteiger partial charge in [-0.15, -0.1) is 0 Å². The van der Waals surface area contributed by atoms with Crippen LogP contribution in [0.1, 0.15) is 29.9 Å². The number of imidazole rings is 1. The molecule has 0 spiro atoms. The van der Waals surface area contributed by atoms with Gasteiger partial charge in [-0.25, -0.2) is 15.0 Å². The maximum absolute atomic E-state index is 12.5. The Morgan fingerprint density at radius 3 is 2.89 bits per heavy atom. The van der Waals surface area contributed by atoms with E-state index in [0.717, 1.165) is 0 Å². The molecule has 0 aliphatic carbocycles. The first-order valence-electron chi connectivity index (χ1n) is 9.14. The molecular weight excluding hydrogens is 362 g/mol. The van der Waals surface area contributed by atoms with E-state index in [9.17, 15) is 9.90 Å². The van der Waals surface area contributed by atoms with Crippen molar-refractivity contribution in [1.29, 1.82) is 0 Å². The van der Waals surface area contributed by atoms with Crippen molar-refractivity contribution in [2.24, 2.45) is 0 Å². The molecule has 1 aromatic carbocycles. The van der Waals surface area contributed by atoms with Crippen LogP contribution in [0.2, 0.25) is 0 Å². The van der Waals surface area contributed by atoms with Crippen LogP contribution in [0.3, 0.4) is 0 Å². The molecule has 28 heavy (non-hydrogen) atoms. The summed E-state index contributed by atoms with van der Waals surface area (Å²) in [6.45, 7) is 2.33. The molecule has 3 aromatic rings. The SMILES string of the molecule is CC[C@@]12CO[C@@H]([C@H](n3cnc4c(NC(=O)c5ccccc5)ncnc43)O1)[C@@H]2O. The van der Waals surface area contributed by atoms with Crippen LogP contribution in [-0.4, -0.2) is 54.9 Å². The average Bonchev–Trinajstić information content (AvgIpc) is 3.39. The normalized spacial score (nSPS) is 28.7. The number of aliphatic hydroxyl groups is 1. The van der Waals surface area contributed by atoms with Crippen molar-refractivity contribution in [1.82, 2.24) is 19.5 Å². The third-order valence-corrected chi connectivity index (χ3v) is 5.51. The molecule has 0 radical (unpaired) electrons. The molecule has 4 heterocycles. The van der Waals surface area contributed by atoms with Crippen molar-refractivity contribution < 1.29 is 19.4 Å². The lowest BCUT2D eigenvalue weighted by molar-refractivity contribution is -0.173. The van der Waals surface area contributed by atoms with Crippen LogP contribution >= 0.6 is 0 Å². The first kappa shape index (κ1) is 17.2. The first-order chi connectivity index (χ1) is 13.6. The topological polar surface area (TPSA) is 111 Å². The summed E-state index contributed by atoms with van der Waals surface area (Å²) in [6.07, 6.45) is 1.83. The van der Waals surface area contributed by atoms with Crippen molar-refractivity contribution in [2.45, 2.75) is 37.4 Å². The third-order valence-electron chi connectivity index (χ3n) is 5.51. The smallest absolute Gasteiger partial charge is 0.256 e. The second-order valence-electron chi connectivity index (χ2n) is 7.01. The van der Waals surface area contributed by atoms with E-state index < -0.39 is 24.0 Å². The van der Waals surface area contributed by atoms with Crippen LogP contribution in [0.5, 0.6) is 0 Å². The summed E-state index contributed by atoms with van der Waals surface area (Å²) in [5, 5.41) is 13.3. The van der Waals surface area contributed by atoms with Gasteiger partial charge in [0.25, 0.3) is 5.91 Å². The quantitative estimate of drug-likeness (QED) is 0.705. The van der Waals surface area contributed by atoms with Gasteiger partial charge in [0.05, 0.1) is 12.9 Å². The molecule has 2 bridgehead atoms. The summed E-state index contributed by atoms with van der Waals surface area (Å²) in [5.74, 6) is 0.0300. The highest BCUT2D eigenvalue weighted by Crippen LogP contribution is 2.47. The molecule has 2 aliphatic rings. The Kier molecular flexibility index (Phi) is 3.90. The zero-order valence-electron chi connectivity index (χ0n) is 15.1. The fourth-order valence-electron chi connectivity index (χ4n) is 3.87. The third kappa shape index (κ3) is 2.44. The summed E-state index contributed by atoms with van der Waals surface area (Å²) >= 11 is 0. The molecule has 4 atom stereocenters. The molecular formula is C19H19N5O4. The van der Waals surface area contributed by atoms with E-state index in [1.54, 1.807) is 35.2 Å². The number of fused-ring (bicyclic) bond motifs is 3. The summed E-state index contributed by atoms with van der Waals surface area (Å²) in [5.41, 5.74) is 0.756. The molecule has 1 amide bonds. The van der Waals surface area contributed by atoms with E-state index >= 15 is 0 Å². The van der Waals surface area contributed by atoms with Crippen LogP contribution in [0, 0.1) is 0 Å². The van der Waals surface area contributed by atoms with Gasteiger partial charge < -0.3 is 19.9 Å². The highest BCUT2D eigenvalue weighted by atomic mass is 16.6. The van der Waals surface area contributed by atoms with E-state index in [1.165, 1.54) is 6.33 Å². The summed E-state index contributed by atoms with van der Waals surface area (Å²) in [4.78, 5) is 25.3. The van der Waals surface area contributed by atoms with Crippen LogP contribution in [0.4, 0.5) is 5.82 Å². The maximum atomic E-state index is 12.5. The monoisotopic (exact) mass is 381 g/mol. The minimum Gasteiger partial charge on any atom is -0.387 e. The second-order valence-corrected chi connectivity index (χ2v) is 7.01. The molecule has 2 N–H and O–H groups in total. The number of benzene rings is 1. The largest absolute Gasteiger partial charge is 0.387 e. The number of nitrogens with zero attached hydrogens (tertiary/aromatic N) is 4. The van der Waals surface area contributed by atoms with Gasteiger partial charge in [0, 0.05) is 5.56 Å². The van der Waals surface area contributed by atoms with E-state index in [4.69, 9.17) is 9.47 Å². The molecule has 9 nitrogen and oxygen atoms in total. The van der Waals surface area contributed by atoms with Crippen LogP contribution in [0.25, 0.3) is 11.2 Å². The number of nitrogens with one attached hydrogen (secondary N) is 1. The van der Waals surface area contributed by atoms with E-state index in [0.29, 0.717) is 35.6 Å². The Bertz CT molecular complexity index is 1040. The number of carbonyl (C=O) groups excluding carboxylic acids is 1. The lowest BCUT2D eigenvalue weighted by Crippen LogP contribution is -2.39. The number of aliphatic hydroxyl groups excluding tert-OH is 1. The molecule has 0 unspecified atom stereocenters. The van der Waals surface area contributed by atoms with E-state index in [-0.39, 0.29) is 5.91 Å². The molecule has 144 valence electrons. The van der Waals surface area contributed by atoms with Gasteiger partial charge in [0.15, 0.2) is 23.2 Å². The standard InChI is InChI=1S/C19H19N5O4/c1-2-19-8-27-13(14(19)25)18(28-19)24-10-22-12-15(20-9-21-16(12)24)23-17(26)11-6-4-3-5-7-11/h3-7,9-10,13-14,18,25H,2,8H2,1H3,(H,20,21,23,26)/t13-,14+,18-,19+/m1/s1. The minimum atomic E-state index is -0.709. The zero-order valence-corrected chi connectivity index (χ0v) is 15.1. The predicted molar refractivity (Wildman–Crippen MR) is 98.6 cm³/mol. The fraction of sp³-hybridized carbons (Fsp3) is 0.368. The van der Waals surface area contributed by atoms with Crippen molar-refractivity contribution in [3.8, 4) is 0 Å². The molecule has 2 fully saturated rings. The number of aromatic nitrogens is 4. The number of ether oxygens (including phenoxy) is 2. The van der Waals surface area contributed by atoms with Gasteiger partial charge >= 0.3 is 0 Å². The van der Waals surface area contributed by atoms with Crippen molar-refractivity contribution in [3.63, 3.8) is 0 Å². The number of hydrogen-bond donors (Lipinski definition) is 2. The van der Waals surface area contributed by atoms with Crippen molar-refractivity contribution in [3.05, 3.63) is 48.5 Å². The Morgan fingerprint density at radius 2 is 2.14 bits per heavy atom. The van der Waals surface area contributed by atoms with Gasteiger partial charge in [-0.3, -0.25) is 9.36 Å². The maximum Gasteiger partial charge on any atom is 0.256 e. The Morgan fingerprint density at radius 1 is 1.32 bits per heavy atom. The lowest BCUT2D eigenvalue weighted by atomic mass is 9.96. The van der Waals surface area contributed by atoms with Crippen molar-refractivity contribution in [2.75, 3.05) is 11.9 Å². The van der Waals surface area contributed by atoms with Gasteiger partial charge in [0.2, 0.25) is 0 Å². The Hall–Kier alpha value is -2.88. The molecule has 2 aromatic heterocycles. The van der Waals surface area contributed by atoms with Crippen LogP contribution < -0.4 is 5.32 Å². The summed E-state index contributed by atoms with van der Waals surface area (Å²) < 4.78 is 13.6. The Balaban J connectivity index is 1.48.